The second-order valence-corrected chi connectivity index (χ2v) is 7.87. The van der Waals surface area contributed by atoms with E-state index in [9.17, 15) is 9.59 Å². The van der Waals surface area contributed by atoms with E-state index in [1.807, 2.05) is 0 Å². The normalized spacial score (nSPS) is 11.2. The molecule has 0 aliphatic heterocycles. The molecule has 4 aromatic heterocycles. The molecule has 0 fully saturated rings. The fourth-order valence-corrected chi connectivity index (χ4v) is 3.50. The number of carbonyl (C=O) groups is 2. The number of nitrogens with zero attached hydrogens (tertiary/aromatic N) is 8. The first-order valence-corrected chi connectivity index (χ1v) is 11.5. The van der Waals surface area contributed by atoms with Gasteiger partial charge in [0, 0.05) is 25.2 Å². The Morgan fingerprint density at radius 3 is 1.50 bits per heavy atom. The van der Waals surface area contributed by atoms with Crippen LogP contribution in [0.2, 0.25) is 0 Å². The molecule has 12 nitrogen and oxygen atoms in total. The van der Waals surface area contributed by atoms with Gasteiger partial charge in [-0.2, -0.15) is 0 Å². The number of hydrogen-bond acceptors (Lipinski definition) is 10. The molecule has 4 heterocycles. The number of aromatic nitrogens is 8. The van der Waals surface area contributed by atoms with Crippen molar-refractivity contribution in [2.75, 3.05) is 0 Å². The molecule has 0 unspecified atom stereocenters. The number of pyridine rings is 2. The third-order valence-corrected chi connectivity index (χ3v) is 5.25. The van der Waals surface area contributed by atoms with Crippen LogP contribution in [0.4, 0.5) is 0 Å². The summed E-state index contributed by atoms with van der Waals surface area (Å²) in [6, 6.07) is 7.00. The zero-order valence-corrected chi connectivity index (χ0v) is 18.7. The van der Waals surface area contributed by atoms with Crippen LogP contribution in [0.1, 0.15) is 64.2 Å². The SMILES string of the molecule is O=C(CCCCCCCCCCC(=O)On1nnc2cccnc21)On1nnc2cccnc21. The average molecular weight is 467 g/mol. The van der Waals surface area contributed by atoms with Crippen molar-refractivity contribution in [1.29, 1.82) is 0 Å². The van der Waals surface area contributed by atoms with Crippen LogP contribution in [0.25, 0.3) is 22.3 Å². The summed E-state index contributed by atoms with van der Waals surface area (Å²) in [5, 5.41) is 15.4. The van der Waals surface area contributed by atoms with E-state index in [0.717, 1.165) is 61.1 Å². The van der Waals surface area contributed by atoms with Crippen LogP contribution in [0.15, 0.2) is 36.7 Å². The van der Waals surface area contributed by atoms with E-state index >= 15 is 0 Å². The van der Waals surface area contributed by atoms with Gasteiger partial charge < -0.3 is 9.68 Å². The Kier molecular flexibility index (Phi) is 8.04. The van der Waals surface area contributed by atoms with Crippen LogP contribution >= 0.6 is 0 Å². The summed E-state index contributed by atoms with van der Waals surface area (Å²) < 4.78 is 0. The first-order valence-electron chi connectivity index (χ1n) is 11.5. The Balaban J connectivity index is 1.000. The Bertz CT molecular complexity index is 1140. The van der Waals surface area contributed by atoms with Gasteiger partial charge in [0.05, 0.1) is 0 Å². The topological polar surface area (TPSA) is 140 Å². The van der Waals surface area contributed by atoms with Crippen molar-refractivity contribution in [3.8, 4) is 0 Å². The summed E-state index contributed by atoms with van der Waals surface area (Å²) in [6.07, 6.45) is 11.6. The summed E-state index contributed by atoms with van der Waals surface area (Å²) in [4.78, 5) is 44.7. The van der Waals surface area contributed by atoms with E-state index < -0.39 is 0 Å². The number of carbonyl (C=O) groups excluding carboxylic acids is 2. The van der Waals surface area contributed by atoms with Crippen LogP contribution in [-0.4, -0.2) is 52.2 Å². The van der Waals surface area contributed by atoms with Gasteiger partial charge in [0.25, 0.3) is 0 Å². The Hall–Kier alpha value is -3.96. The van der Waals surface area contributed by atoms with E-state index in [4.69, 9.17) is 9.68 Å². The lowest BCUT2D eigenvalue weighted by atomic mass is 10.1. The maximum Gasteiger partial charge on any atom is 0.335 e. The standard InChI is InChI=1S/C22H26N8O4/c31-19(33-29-21-17(25-27-29)11-9-15-23-21)13-7-5-3-1-2-4-6-8-14-20(32)34-30-22-18(26-28-30)12-10-16-24-22/h9-12,15-16H,1-8,13-14H2. The summed E-state index contributed by atoms with van der Waals surface area (Å²) in [5.41, 5.74) is 2.00. The van der Waals surface area contributed by atoms with Crippen LogP contribution < -0.4 is 9.68 Å². The molecule has 0 spiro atoms. The molecule has 4 aromatic rings. The van der Waals surface area contributed by atoms with Gasteiger partial charge in [0.1, 0.15) is 11.0 Å². The fraction of sp³-hybridized carbons (Fsp3) is 0.455. The van der Waals surface area contributed by atoms with Gasteiger partial charge in [-0.1, -0.05) is 38.5 Å². The van der Waals surface area contributed by atoms with E-state index in [-0.39, 0.29) is 11.9 Å². The number of hydrogen-bond donors (Lipinski definition) is 0. The van der Waals surface area contributed by atoms with E-state index in [1.54, 1.807) is 36.7 Å². The van der Waals surface area contributed by atoms with E-state index in [1.165, 1.54) is 0 Å². The summed E-state index contributed by atoms with van der Waals surface area (Å²) in [5.74, 6) is -0.696. The Morgan fingerprint density at radius 1 is 0.647 bits per heavy atom. The van der Waals surface area contributed by atoms with Crippen LogP contribution in [0, 0.1) is 0 Å². The minimum Gasteiger partial charge on any atom is -0.316 e. The molecule has 4 rings (SSSR count). The van der Waals surface area contributed by atoms with Gasteiger partial charge in [0.2, 0.25) is 11.3 Å². The Labute approximate surface area is 195 Å². The van der Waals surface area contributed by atoms with Crippen molar-refractivity contribution in [3.05, 3.63) is 36.7 Å². The lowest BCUT2D eigenvalue weighted by Gasteiger charge is -2.04. The molecular weight excluding hydrogens is 440 g/mol. The second kappa shape index (κ2) is 11.8. The lowest BCUT2D eigenvalue weighted by molar-refractivity contribution is -0.146. The number of fused-ring (bicyclic) bond motifs is 2. The highest BCUT2D eigenvalue weighted by atomic mass is 16.7. The minimum atomic E-state index is -0.348. The molecule has 0 saturated heterocycles. The predicted molar refractivity (Wildman–Crippen MR) is 120 cm³/mol. The summed E-state index contributed by atoms with van der Waals surface area (Å²) in [6.45, 7) is 0. The van der Waals surface area contributed by atoms with Crippen molar-refractivity contribution >= 4 is 34.3 Å². The first kappa shape index (κ1) is 23.2. The molecule has 0 aliphatic carbocycles. The van der Waals surface area contributed by atoms with Crippen molar-refractivity contribution in [1.82, 2.24) is 40.3 Å². The molecule has 0 aromatic carbocycles. The highest BCUT2D eigenvalue weighted by Gasteiger charge is 2.12. The van der Waals surface area contributed by atoms with Gasteiger partial charge in [-0.25, -0.2) is 19.6 Å². The maximum absolute atomic E-state index is 12.0. The molecular formula is C22H26N8O4. The molecule has 12 heteroatoms. The van der Waals surface area contributed by atoms with Crippen molar-refractivity contribution in [2.45, 2.75) is 64.2 Å². The molecule has 34 heavy (non-hydrogen) atoms. The molecule has 0 N–H and O–H groups in total. The number of rotatable bonds is 13. The van der Waals surface area contributed by atoms with Gasteiger partial charge in [-0.05, 0) is 57.2 Å². The van der Waals surface area contributed by atoms with E-state index in [2.05, 4.69) is 30.6 Å². The summed E-state index contributed by atoms with van der Waals surface area (Å²) >= 11 is 0. The third kappa shape index (κ3) is 6.30. The molecule has 0 atom stereocenters. The molecule has 178 valence electrons. The predicted octanol–water partition coefficient (Wildman–Crippen LogP) is 2.48. The first-order chi connectivity index (χ1) is 16.7. The van der Waals surface area contributed by atoms with Crippen LogP contribution in [0.5, 0.6) is 0 Å². The molecule has 0 saturated carbocycles. The highest BCUT2D eigenvalue weighted by molar-refractivity contribution is 5.73. The van der Waals surface area contributed by atoms with Gasteiger partial charge >= 0.3 is 11.9 Å². The van der Waals surface area contributed by atoms with Crippen molar-refractivity contribution < 1.29 is 19.3 Å². The smallest absolute Gasteiger partial charge is 0.316 e. The monoisotopic (exact) mass is 466 g/mol. The van der Waals surface area contributed by atoms with Gasteiger partial charge in [-0.15, -0.1) is 10.2 Å². The van der Waals surface area contributed by atoms with E-state index in [0.29, 0.717) is 35.2 Å². The van der Waals surface area contributed by atoms with Crippen LogP contribution in [-0.2, 0) is 9.59 Å². The van der Waals surface area contributed by atoms with Crippen molar-refractivity contribution in [2.24, 2.45) is 0 Å². The lowest BCUT2D eigenvalue weighted by Crippen LogP contribution is -2.21. The fourth-order valence-electron chi connectivity index (χ4n) is 3.50. The highest BCUT2D eigenvalue weighted by Crippen LogP contribution is 2.12. The average Bonchev–Trinajstić information content (AvgIpc) is 3.45. The van der Waals surface area contributed by atoms with Gasteiger partial charge in [-0.3, -0.25) is 0 Å². The van der Waals surface area contributed by atoms with Crippen molar-refractivity contribution in [3.63, 3.8) is 0 Å². The van der Waals surface area contributed by atoms with Crippen LogP contribution in [0.3, 0.4) is 0 Å². The third-order valence-electron chi connectivity index (χ3n) is 5.25. The second-order valence-electron chi connectivity index (χ2n) is 7.87. The zero-order valence-electron chi connectivity index (χ0n) is 18.7. The largest absolute Gasteiger partial charge is 0.335 e. The molecule has 0 amide bonds. The minimum absolute atomic E-state index is 0.326. The summed E-state index contributed by atoms with van der Waals surface area (Å²) in [7, 11) is 0. The molecule has 0 aliphatic rings. The molecule has 0 radical (unpaired) electrons. The Morgan fingerprint density at radius 2 is 1.06 bits per heavy atom. The van der Waals surface area contributed by atoms with Gasteiger partial charge in [0.15, 0.2) is 0 Å². The number of unbranched alkanes of at least 4 members (excludes halogenated alkanes) is 7. The maximum atomic E-state index is 12.0. The zero-order chi connectivity index (χ0) is 23.6. The molecule has 0 bridgehead atoms. The quantitative estimate of drug-likeness (QED) is 0.213.